The molecule has 0 rings (SSSR count). The monoisotopic (exact) mass is 387 g/mol. The summed E-state index contributed by atoms with van der Waals surface area (Å²) in [7, 11) is -3.34. The third-order valence-corrected chi connectivity index (χ3v) is 15.8. The van der Waals surface area contributed by atoms with Crippen molar-refractivity contribution in [2.24, 2.45) is 0 Å². The summed E-state index contributed by atoms with van der Waals surface area (Å²) < 4.78 is 7.69. The van der Waals surface area contributed by atoms with Gasteiger partial charge in [0.1, 0.15) is 0 Å². The third-order valence-electron chi connectivity index (χ3n) is 3.71. The van der Waals surface area contributed by atoms with Crippen molar-refractivity contribution in [2.45, 2.75) is 36.3 Å². The molecular formula is C18H32MnN2Si2. The van der Waals surface area contributed by atoms with Gasteiger partial charge in [-0.05, 0) is 0 Å². The van der Waals surface area contributed by atoms with Crippen molar-refractivity contribution in [3.63, 3.8) is 0 Å². The Morgan fingerprint density at radius 1 is 0.522 bits per heavy atom. The van der Waals surface area contributed by atoms with Crippen LogP contribution in [0.4, 0.5) is 0 Å². The van der Waals surface area contributed by atoms with Crippen molar-refractivity contribution in [3.8, 4) is 0 Å². The summed E-state index contributed by atoms with van der Waals surface area (Å²) in [6.45, 7) is 23.6. The first-order valence-corrected chi connectivity index (χ1v) is 14.3. The van der Waals surface area contributed by atoms with Gasteiger partial charge in [0, 0.05) is 0 Å². The topological polar surface area (TPSA) is 24.1 Å². The van der Waals surface area contributed by atoms with E-state index in [1.54, 1.807) is 0 Å². The van der Waals surface area contributed by atoms with Gasteiger partial charge in [0.25, 0.3) is 0 Å². The van der Waals surface area contributed by atoms with Crippen molar-refractivity contribution >= 4 is 16.5 Å². The van der Waals surface area contributed by atoms with Crippen LogP contribution >= 0.6 is 0 Å². The van der Waals surface area contributed by atoms with Gasteiger partial charge in [-0.15, -0.1) is 0 Å². The van der Waals surface area contributed by atoms with Crippen molar-refractivity contribution in [3.05, 3.63) is 75.9 Å². The molecule has 0 saturated carbocycles. The average Bonchev–Trinajstić information content (AvgIpc) is 2.49. The van der Waals surface area contributed by atoms with Crippen LogP contribution in [-0.4, -0.2) is 16.5 Å². The zero-order chi connectivity index (χ0) is 17.6. The molecule has 0 bridgehead atoms. The van der Waals surface area contributed by atoms with E-state index in [0.717, 1.165) is 36.3 Å². The van der Waals surface area contributed by atoms with E-state index in [9.17, 15) is 0 Å². The summed E-state index contributed by atoms with van der Waals surface area (Å²) in [5.74, 6) is 0. The van der Waals surface area contributed by atoms with Gasteiger partial charge in [-0.2, -0.15) is 0 Å². The van der Waals surface area contributed by atoms with Gasteiger partial charge >= 0.3 is 152 Å². The maximum absolute atomic E-state index is 3.93. The van der Waals surface area contributed by atoms with Gasteiger partial charge in [0.2, 0.25) is 0 Å². The molecule has 0 amide bonds. The van der Waals surface area contributed by atoms with E-state index >= 15 is 0 Å². The Morgan fingerprint density at radius 3 is 0.913 bits per heavy atom. The Kier molecular flexibility index (Phi) is 12.3. The van der Waals surface area contributed by atoms with E-state index < -0.39 is 16.5 Å². The summed E-state index contributed by atoms with van der Waals surface area (Å²) in [5.41, 5.74) is 0. The van der Waals surface area contributed by atoms with Gasteiger partial charge in [-0.1, -0.05) is 0 Å². The van der Waals surface area contributed by atoms with Gasteiger partial charge in [0.15, 0.2) is 0 Å². The molecule has 0 unspecified atom stereocenters. The molecule has 0 heterocycles. The summed E-state index contributed by atoms with van der Waals surface area (Å²) >= 11 is 0.496. The van der Waals surface area contributed by atoms with Crippen LogP contribution in [0.15, 0.2) is 75.9 Å². The normalized spacial score (nSPS) is 11.5. The van der Waals surface area contributed by atoms with E-state index in [4.69, 9.17) is 0 Å². The first kappa shape index (κ1) is 22.3. The van der Waals surface area contributed by atoms with Crippen LogP contribution < -0.4 is 8.00 Å². The quantitative estimate of drug-likeness (QED) is 0.285. The zero-order valence-electron chi connectivity index (χ0n) is 14.3. The first-order valence-electron chi connectivity index (χ1n) is 7.90. The number of hydrogen-bond donors (Lipinski definition) is 2. The molecule has 129 valence electrons. The van der Waals surface area contributed by atoms with Gasteiger partial charge in [0.05, 0.1) is 0 Å². The summed E-state index contributed by atoms with van der Waals surface area (Å²) in [6.07, 6.45) is 12.2. The fourth-order valence-electron chi connectivity index (χ4n) is 2.61. The average molecular weight is 388 g/mol. The molecule has 0 radical (unpaired) electrons. The molecule has 0 aromatic carbocycles. The number of hydrogen-bond acceptors (Lipinski definition) is 2. The Morgan fingerprint density at radius 2 is 0.739 bits per heavy atom. The second-order valence-electron chi connectivity index (χ2n) is 5.80. The SMILES string of the molecule is C=CC[Si](CC=C)(CC=C)[NH][Mn][NH][Si](CC=C)(CC=C)CC=C. The van der Waals surface area contributed by atoms with E-state index in [2.05, 4.69) is 47.5 Å². The van der Waals surface area contributed by atoms with E-state index in [0.29, 0.717) is 15.4 Å². The molecule has 0 aliphatic heterocycles. The summed E-state index contributed by atoms with van der Waals surface area (Å²) in [5, 5.41) is 0. The minimum absolute atomic E-state index is 0.496. The second-order valence-corrected chi connectivity index (χ2v) is 15.8. The van der Waals surface area contributed by atoms with Gasteiger partial charge in [-0.25, -0.2) is 0 Å². The van der Waals surface area contributed by atoms with Crippen LogP contribution in [0.25, 0.3) is 0 Å². The molecule has 0 spiro atoms. The molecular weight excluding hydrogens is 355 g/mol. The van der Waals surface area contributed by atoms with E-state index in [1.807, 2.05) is 36.5 Å². The Bertz CT molecular complexity index is 330. The van der Waals surface area contributed by atoms with Crippen LogP contribution in [-0.2, 0) is 15.4 Å². The van der Waals surface area contributed by atoms with Crippen LogP contribution in [0.1, 0.15) is 0 Å². The van der Waals surface area contributed by atoms with E-state index in [-0.39, 0.29) is 0 Å². The maximum atomic E-state index is 3.93. The van der Waals surface area contributed by atoms with Crippen molar-refractivity contribution in [2.75, 3.05) is 0 Å². The molecule has 2 nitrogen and oxygen atoms in total. The predicted octanol–water partition coefficient (Wildman–Crippen LogP) is 5.09. The molecule has 0 aromatic heterocycles. The van der Waals surface area contributed by atoms with E-state index in [1.165, 1.54) is 0 Å². The summed E-state index contributed by atoms with van der Waals surface area (Å²) in [6, 6.07) is 6.16. The molecule has 0 atom stereocenters. The number of allylic oxidation sites excluding steroid dienone is 6. The molecule has 0 aliphatic carbocycles. The van der Waals surface area contributed by atoms with Crippen LogP contribution in [0.3, 0.4) is 0 Å². The third kappa shape index (κ3) is 8.11. The predicted molar refractivity (Wildman–Crippen MR) is 108 cm³/mol. The van der Waals surface area contributed by atoms with Gasteiger partial charge in [-0.3, -0.25) is 0 Å². The first-order chi connectivity index (χ1) is 11.1. The summed E-state index contributed by atoms with van der Waals surface area (Å²) in [4.78, 5) is 0. The molecule has 0 saturated heterocycles. The molecule has 23 heavy (non-hydrogen) atoms. The Labute approximate surface area is 152 Å². The second kappa shape index (κ2) is 12.7. The number of rotatable bonds is 16. The zero-order valence-corrected chi connectivity index (χ0v) is 17.5. The fourth-order valence-corrected chi connectivity index (χ4v) is 12.7. The number of nitrogens with one attached hydrogen (secondary N) is 2. The standard InChI is InChI=1S/2C9H16NSi.Mn/c2*1-4-7-11(10,8-5-2)9-6-3;/h2*4-6,10H,1-3,7-9H2;/q2*-1;+2. The minimum atomic E-state index is -1.67. The fraction of sp³-hybridized carbons (Fsp3) is 0.333. The Hall–Kier alpha value is -0.687. The molecule has 5 heteroatoms. The van der Waals surface area contributed by atoms with Crippen LogP contribution in [0.2, 0.25) is 36.3 Å². The van der Waals surface area contributed by atoms with Crippen LogP contribution in [0, 0.1) is 0 Å². The molecule has 0 aliphatic rings. The molecule has 2 N–H and O–H groups in total. The molecule has 0 fully saturated rings. The van der Waals surface area contributed by atoms with Crippen molar-refractivity contribution in [1.29, 1.82) is 0 Å². The van der Waals surface area contributed by atoms with Crippen LogP contribution in [0.5, 0.6) is 0 Å². The van der Waals surface area contributed by atoms with Crippen molar-refractivity contribution < 1.29 is 15.4 Å². The Balaban J connectivity index is 5.02. The van der Waals surface area contributed by atoms with Crippen molar-refractivity contribution in [1.82, 2.24) is 8.00 Å². The molecule has 0 aromatic rings. The van der Waals surface area contributed by atoms with Gasteiger partial charge < -0.3 is 0 Å².